The van der Waals surface area contributed by atoms with Crippen LogP contribution in [0.4, 0.5) is 4.39 Å². The number of amides is 1. The number of benzene rings is 2. The summed E-state index contributed by atoms with van der Waals surface area (Å²) in [5.41, 5.74) is 2.52. The van der Waals surface area contributed by atoms with Gasteiger partial charge in [-0.2, -0.15) is 0 Å². The molecule has 3 aromatic rings. The highest BCUT2D eigenvalue weighted by atomic mass is 32.2. The van der Waals surface area contributed by atoms with Gasteiger partial charge in [0.05, 0.1) is 12.3 Å². The molecular weight excluding hydrogens is 385 g/mol. The van der Waals surface area contributed by atoms with Crippen molar-refractivity contribution in [2.24, 2.45) is 0 Å². The predicted octanol–water partition coefficient (Wildman–Crippen LogP) is 2.73. The third-order valence-electron chi connectivity index (χ3n) is 4.19. The number of hydrogen-bond acceptors (Lipinski definition) is 6. The van der Waals surface area contributed by atoms with E-state index < -0.39 is 26.6 Å². The quantitative estimate of drug-likeness (QED) is 0.679. The van der Waals surface area contributed by atoms with E-state index in [4.69, 9.17) is 4.42 Å². The van der Waals surface area contributed by atoms with Gasteiger partial charge in [-0.25, -0.2) is 12.8 Å². The molecule has 0 spiro atoms. The van der Waals surface area contributed by atoms with Crippen LogP contribution in [0.2, 0.25) is 0 Å². The molecule has 0 aliphatic carbocycles. The molecule has 0 aliphatic rings. The normalized spacial score (nSPS) is 11.4. The van der Waals surface area contributed by atoms with Gasteiger partial charge < -0.3 is 9.73 Å². The fraction of sp³-hybridized carbons (Fsp3) is 0.211. The number of hydrogen-bond donors (Lipinski definition) is 1. The lowest BCUT2D eigenvalue weighted by Crippen LogP contribution is -2.23. The zero-order valence-electron chi connectivity index (χ0n) is 15.3. The topological polar surface area (TPSA) is 102 Å². The second-order valence-corrected chi connectivity index (χ2v) is 8.16. The lowest BCUT2D eigenvalue weighted by Gasteiger charge is -2.05. The van der Waals surface area contributed by atoms with E-state index in [2.05, 4.69) is 15.5 Å². The summed E-state index contributed by atoms with van der Waals surface area (Å²) < 4.78 is 43.5. The molecule has 0 saturated carbocycles. The molecule has 1 heterocycles. The summed E-state index contributed by atoms with van der Waals surface area (Å²) in [6.07, 6.45) is 0. The molecule has 1 N–H and O–H groups in total. The number of nitrogens with one attached hydrogen (secondary N) is 1. The molecule has 0 unspecified atom stereocenters. The summed E-state index contributed by atoms with van der Waals surface area (Å²) in [6, 6.07) is 10.8. The van der Waals surface area contributed by atoms with Crippen molar-refractivity contribution >= 4 is 15.7 Å². The average Bonchev–Trinajstić information content (AvgIpc) is 3.14. The van der Waals surface area contributed by atoms with Crippen LogP contribution >= 0.6 is 0 Å². The molecule has 1 amide bonds. The third kappa shape index (κ3) is 4.42. The standard InChI is InChI=1S/C19H18FN3O4S/c1-12-7-8-14(9-13(12)2)18(24)21-10-17-22-23-19(27-17)28(25,26)11-15-5-3-4-6-16(15)20/h3-9H,10-11H2,1-2H3,(H,21,24). The van der Waals surface area contributed by atoms with Crippen molar-refractivity contribution in [1.82, 2.24) is 15.5 Å². The van der Waals surface area contributed by atoms with Gasteiger partial charge in [0, 0.05) is 11.1 Å². The Morgan fingerprint density at radius 2 is 1.86 bits per heavy atom. The molecule has 9 heteroatoms. The van der Waals surface area contributed by atoms with E-state index in [1.165, 1.54) is 24.3 Å². The maximum atomic E-state index is 13.7. The summed E-state index contributed by atoms with van der Waals surface area (Å²) in [5.74, 6) is -1.65. The van der Waals surface area contributed by atoms with Crippen LogP contribution in [0.3, 0.4) is 0 Å². The zero-order valence-corrected chi connectivity index (χ0v) is 16.1. The van der Waals surface area contributed by atoms with Crippen LogP contribution in [0.1, 0.15) is 32.9 Å². The molecular formula is C19H18FN3O4S. The summed E-state index contributed by atoms with van der Waals surface area (Å²) >= 11 is 0. The Morgan fingerprint density at radius 1 is 1.11 bits per heavy atom. The summed E-state index contributed by atoms with van der Waals surface area (Å²) in [6.45, 7) is 3.71. The van der Waals surface area contributed by atoms with E-state index in [0.717, 1.165) is 11.1 Å². The number of carbonyl (C=O) groups excluding carboxylic acids is 1. The molecule has 0 fully saturated rings. The number of aromatic nitrogens is 2. The van der Waals surface area contributed by atoms with Gasteiger partial charge in [-0.15, -0.1) is 5.10 Å². The number of rotatable bonds is 6. The molecule has 2 aromatic carbocycles. The largest absolute Gasteiger partial charge is 0.411 e. The van der Waals surface area contributed by atoms with Crippen LogP contribution in [-0.2, 0) is 22.1 Å². The Bertz CT molecular complexity index is 1130. The third-order valence-corrected chi connectivity index (χ3v) is 5.58. The van der Waals surface area contributed by atoms with E-state index in [1.54, 1.807) is 12.1 Å². The lowest BCUT2D eigenvalue weighted by atomic mass is 10.1. The fourth-order valence-corrected chi connectivity index (χ4v) is 3.61. The van der Waals surface area contributed by atoms with E-state index >= 15 is 0 Å². The molecule has 146 valence electrons. The summed E-state index contributed by atoms with van der Waals surface area (Å²) in [5, 5.41) is 9.13. The van der Waals surface area contributed by atoms with Crippen LogP contribution in [0, 0.1) is 19.7 Å². The first kappa shape index (κ1) is 19.7. The van der Waals surface area contributed by atoms with Crippen LogP contribution < -0.4 is 5.32 Å². The minimum atomic E-state index is -4.01. The second kappa shape index (κ2) is 7.89. The summed E-state index contributed by atoms with van der Waals surface area (Å²) in [7, 11) is -4.01. The first-order valence-corrected chi connectivity index (χ1v) is 10.1. The fourth-order valence-electron chi connectivity index (χ4n) is 2.46. The molecule has 0 atom stereocenters. The number of nitrogens with zero attached hydrogens (tertiary/aromatic N) is 2. The molecule has 0 aliphatic heterocycles. The highest BCUT2D eigenvalue weighted by Crippen LogP contribution is 2.17. The molecule has 0 radical (unpaired) electrons. The zero-order chi connectivity index (χ0) is 20.3. The molecule has 7 nitrogen and oxygen atoms in total. The van der Waals surface area contributed by atoms with E-state index in [-0.39, 0.29) is 23.9 Å². The Balaban J connectivity index is 1.67. The molecule has 28 heavy (non-hydrogen) atoms. The predicted molar refractivity (Wildman–Crippen MR) is 98.7 cm³/mol. The first-order valence-electron chi connectivity index (χ1n) is 8.40. The lowest BCUT2D eigenvalue weighted by molar-refractivity contribution is 0.0946. The van der Waals surface area contributed by atoms with E-state index in [0.29, 0.717) is 5.56 Å². The maximum absolute atomic E-state index is 13.7. The molecule has 0 saturated heterocycles. The Hall–Kier alpha value is -3.07. The number of aryl methyl sites for hydroxylation is 2. The van der Waals surface area contributed by atoms with Gasteiger partial charge in [-0.1, -0.05) is 29.4 Å². The first-order chi connectivity index (χ1) is 13.3. The highest BCUT2D eigenvalue weighted by Gasteiger charge is 2.24. The Morgan fingerprint density at radius 3 is 2.57 bits per heavy atom. The van der Waals surface area contributed by atoms with Gasteiger partial charge in [0.1, 0.15) is 5.82 Å². The van der Waals surface area contributed by atoms with Crippen molar-refractivity contribution in [3.05, 3.63) is 76.4 Å². The van der Waals surface area contributed by atoms with Crippen molar-refractivity contribution in [2.45, 2.75) is 31.4 Å². The van der Waals surface area contributed by atoms with Gasteiger partial charge >= 0.3 is 5.22 Å². The molecule has 1 aromatic heterocycles. The van der Waals surface area contributed by atoms with Crippen molar-refractivity contribution in [3.8, 4) is 0 Å². The second-order valence-electron chi connectivity index (χ2n) is 6.29. The SMILES string of the molecule is Cc1ccc(C(=O)NCc2nnc(S(=O)(=O)Cc3ccccc3F)o2)cc1C. The van der Waals surface area contributed by atoms with Gasteiger partial charge in [0.15, 0.2) is 0 Å². The highest BCUT2D eigenvalue weighted by molar-refractivity contribution is 7.90. The van der Waals surface area contributed by atoms with Crippen LogP contribution in [0.15, 0.2) is 52.1 Å². The maximum Gasteiger partial charge on any atom is 0.335 e. The van der Waals surface area contributed by atoms with Crippen molar-refractivity contribution in [3.63, 3.8) is 0 Å². The van der Waals surface area contributed by atoms with E-state index in [1.807, 2.05) is 19.9 Å². The van der Waals surface area contributed by atoms with Crippen molar-refractivity contribution in [2.75, 3.05) is 0 Å². The van der Waals surface area contributed by atoms with Crippen molar-refractivity contribution < 1.29 is 22.0 Å². The van der Waals surface area contributed by atoms with Crippen molar-refractivity contribution in [1.29, 1.82) is 0 Å². The van der Waals surface area contributed by atoms with Crippen LogP contribution in [0.5, 0.6) is 0 Å². The van der Waals surface area contributed by atoms with Gasteiger partial charge in [0.25, 0.3) is 5.91 Å². The Labute approximate surface area is 161 Å². The van der Waals surface area contributed by atoms with E-state index in [9.17, 15) is 17.6 Å². The van der Waals surface area contributed by atoms with Gasteiger partial charge in [-0.3, -0.25) is 4.79 Å². The minimum Gasteiger partial charge on any atom is -0.411 e. The number of sulfone groups is 1. The van der Waals surface area contributed by atoms with Gasteiger partial charge in [0.2, 0.25) is 15.7 Å². The Kier molecular flexibility index (Phi) is 5.55. The number of halogens is 1. The van der Waals surface area contributed by atoms with Crippen LogP contribution in [-0.4, -0.2) is 24.5 Å². The van der Waals surface area contributed by atoms with Gasteiger partial charge in [-0.05, 0) is 43.2 Å². The summed E-state index contributed by atoms with van der Waals surface area (Å²) in [4.78, 5) is 12.2. The molecule has 0 bridgehead atoms. The van der Waals surface area contributed by atoms with Crippen LogP contribution in [0.25, 0.3) is 0 Å². The molecule has 3 rings (SSSR count). The monoisotopic (exact) mass is 403 g/mol. The number of carbonyl (C=O) groups is 1. The smallest absolute Gasteiger partial charge is 0.335 e. The average molecular weight is 403 g/mol. The minimum absolute atomic E-state index is 0.00490.